The molecule has 2 heterocycles. The first-order valence-electron chi connectivity index (χ1n) is 7.39. The number of thiophene rings is 1. The van der Waals surface area contributed by atoms with E-state index in [1.165, 1.54) is 11.3 Å². The summed E-state index contributed by atoms with van der Waals surface area (Å²) in [6, 6.07) is 3.54. The summed E-state index contributed by atoms with van der Waals surface area (Å²) < 4.78 is 6.59. The van der Waals surface area contributed by atoms with Gasteiger partial charge >= 0.3 is 0 Å². The van der Waals surface area contributed by atoms with E-state index in [1.54, 1.807) is 6.07 Å². The van der Waals surface area contributed by atoms with Crippen molar-refractivity contribution in [3.05, 3.63) is 20.8 Å². The fourth-order valence-electron chi connectivity index (χ4n) is 2.60. The van der Waals surface area contributed by atoms with Gasteiger partial charge < -0.3 is 15.4 Å². The molecule has 22 heavy (non-hydrogen) atoms. The van der Waals surface area contributed by atoms with Crippen LogP contribution in [-0.4, -0.2) is 37.6 Å². The standard InChI is InChI=1S/C15H21BrN2O3S/c1-9(2)14-10(5-6-21-14)7-17-13(19)8-18-15(20)11-3-4-12(16)22-11/h3-4,9-10,14H,5-8H2,1-2H3,(H,17,19)(H,18,20)/t10-,14-/m1/s1. The van der Waals surface area contributed by atoms with Gasteiger partial charge in [0, 0.05) is 19.1 Å². The van der Waals surface area contributed by atoms with Crippen LogP contribution >= 0.6 is 27.3 Å². The van der Waals surface area contributed by atoms with Crippen LogP contribution in [0.2, 0.25) is 0 Å². The lowest BCUT2D eigenvalue weighted by Crippen LogP contribution is -2.40. The molecule has 1 saturated heterocycles. The highest BCUT2D eigenvalue weighted by Crippen LogP contribution is 2.26. The molecule has 2 amide bonds. The summed E-state index contributed by atoms with van der Waals surface area (Å²) in [4.78, 5) is 24.3. The molecule has 0 radical (unpaired) electrons. The molecule has 2 N–H and O–H groups in total. The van der Waals surface area contributed by atoms with E-state index in [0.717, 1.165) is 16.8 Å². The van der Waals surface area contributed by atoms with Gasteiger partial charge in [0.2, 0.25) is 5.91 Å². The molecule has 2 rings (SSSR count). The first-order chi connectivity index (χ1) is 10.5. The molecule has 0 bridgehead atoms. The number of amides is 2. The monoisotopic (exact) mass is 388 g/mol. The van der Waals surface area contributed by atoms with Crippen LogP contribution in [0.5, 0.6) is 0 Å². The van der Waals surface area contributed by atoms with Crippen molar-refractivity contribution in [2.45, 2.75) is 26.4 Å². The summed E-state index contributed by atoms with van der Waals surface area (Å²) in [5.74, 6) is 0.405. The average molecular weight is 389 g/mol. The molecular formula is C15H21BrN2O3S. The second-order valence-electron chi connectivity index (χ2n) is 5.72. The number of hydrogen-bond donors (Lipinski definition) is 2. The molecule has 1 aromatic heterocycles. The van der Waals surface area contributed by atoms with Crippen molar-refractivity contribution >= 4 is 39.1 Å². The Kier molecular flexibility index (Phi) is 6.40. The smallest absolute Gasteiger partial charge is 0.261 e. The number of nitrogens with one attached hydrogen (secondary N) is 2. The van der Waals surface area contributed by atoms with Gasteiger partial charge in [-0.3, -0.25) is 9.59 Å². The van der Waals surface area contributed by atoms with Crippen molar-refractivity contribution in [1.29, 1.82) is 0 Å². The van der Waals surface area contributed by atoms with Gasteiger partial charge in [0.1, 0.15) is 0 Å². The molecule has 0 aromatic carbocycles. The Bertz CT molecular complexity index is 533. The van der Waals surface area contributed by atoms with Crippen LogP contribution in [0.4, 0.5) is 0 Å². The predicted molar refractivity (Wildman–Crippen MR) is 90.0 cm³/mol. The zero-order chi connectivity index (χ0) is 16.1. The molecule has 0 aliphatic carbocycles. The Balaban J connectivity index is 1.71. The molecule has 5 nitrogen and oxygen atoms in total. The molecule has 1 aliphatic heterocycles. The van der Waals surface area contributed by atoms with Crippen LogP contribution in [0.15, 0.2) is 15.9 Å². The van der Waals surface area contributed by atoms with Crippen LogP contribution in [-0.2, 0) is 9.53 Å². The Morgan fingerprint density at radius 3 is 2.82 bits per heavy atom. The number of halogens is 1. The van der Waals surface area contributed by atoms with E-state index in [1.807, 2.05) is 6.07 Å². The largest absolute Gasteiger partial charge is 0.378 e. The minimum absolute atomic E-state index is 0.00568. The fraction of sp³-hybridized carbons (Fsp3) is 0.600. The van der Waals surface area contributed by atoms with E-state index in [2.05, 4.69) is 40.4 Å². The van der Waals surface area contributed by atoms with Gasteiger partial charge in [-0.1, -0.05) is 13.8 Å². The zero-order valence-corrected chi connectivity index (χ0v) is 15.1. The summed E-state index contributed by atoms with van der Waals surface area (Å²) in [6.45, 7) is 5.61. The third-order valence-corrected chi connectivity index (χ3v) is 5.31. The maximum Gasteiger partial charge on any atom is 0.261 e. The topological polar surface area (TPSA) is 67.4 Å². The first-order valence-corrected chi connectivity index (χ1v) is 9.00. The molecule has 1 fully saturated rings. The van der Waals surface area contributed by atoms with Gasteiger partial charge in [-0.05, 0) is 40.4 Å². The summed E-state index contributed by atoms with van der Waals surface area (Å²) in [6.07, 6.45) is 1.18. The lowest BCUT2D eigenvalue weighted by molar-refractivity contribution is -0.120. The van der Waals surface area contributed by atoms with Gasteiger partial charge in [-0.15, -0.1) is 11.3 Å². The molecule has 0 spiro atoms. The van der Waals surface area contributed by atoms with Crippen LogP contribution in [0.1, 0.15) is 29.9 Å². The van der Waals surface area contributed by atoms with E-state index in [0.29, 0.717) is 23.3 Å². The quantitative estimate of drug-likeness (QED) is 0.785. The molecule has 122 valence electrons. The Labute approximate surface area is 142 Å². The number of hydrogen-bond acceptors (Lipinski definition) is 4. The van der Waals surface area contributed by atoms with Crippen molar-refractivity contribution in [1.82, 2.24) is 10.6 Å². The average Bonchev–Trinajstić information content (AvgIpc) is 3.11. The van der Waals surface area contributed by atoms with Crippen LogP contribution < -0.4 is 10.6 Å². The van der Waals surface area contributed by atoms with Crippen molar-refractivity contribution in [2.75, 3.05) is 19.7 Å². The van der Waals surface area contributed by atoms with E-state index in [-0.39, 0.29) is 24.5 Å². The highest BCUT2D eigenvalue weighted by atomic mass is 79.9. The Morgan fingerprint density at radius 2 is 2.18 bits per heavy atom. The Hall–Kier alpha value is -0.920. The summed E-state index contributed by atoms with van der Waals surface area (Å²) >= 11 is 4.65. The lowest BCUT2D eigenvalue weighted by atomic mass is 9.93. The summed E-state index contributed by atoms with van der Waals surface area (Å²) in [5, 5.41) is 5.51. The maximum atomic E-state index is 11.8. The third-order valence-electron chi connectivity index (χ3n) is 3.69. The second kappa shape index (κ2) is 8.08. The van der Waals surface area contributed by atoms with Crippen LogP contribution in [0.25, 0.3) is 0 Å². The number of rotatable bonds is 6. The molecule has 0 saturated carbocycles. The summed E-state index contributed by atoms with van der Waals surface area (Å²) in [5.41, 5.74) is 0. The summed E-state index contributed by atoms with van der Waals surface area (Å²) in [7, 11) is 0. The second-order valence-corrected chi connectivity index (χ2v) is 8.18. The van der Waals surface area contributed by atoms with E-state index in [4.69, 9.17) is 4.74 Å². The van der Waals surface area contributed by atoms with Crippen molar-refractivity contribution < 1.29 is 14.3 Å². The van der Waals surface area contributed by atoms with E-state index >= 15 is 0 Å². The molecule has 1 aliphatic rings. The minimum Gasteiger partial charge on any atom is -0.378 e. The van der Waals surface area contributed by atoms with E-state index < -0.39 is 0 Å². The van der Waals surface area contributed by atoms with Gasteiger partial charge in [0.25, 0.3) is 5.91 Å². The van der Waals surface area contributed by atoms with Crippen LogP contribution in [0.3, 0.4) is 0 Å². The molecular weight excluding hydrogens is 368 g/mol. The minimum atomic E-state index is -0.227. The zero-order valence-electron chi connectivity index (χ0n) is 12.7. The van der Waals surface area contributed by atoms with Crippen molar-refractivity contribution in [2.24, 2.45) is 11.8 Å². The highest BCUT2D eigenvalue weighted by molar-refractivity contribution is 9.11. The van der Waals surface area contributed by atoms with Gasteiger partial charge in [0.15, 0.2) is 0 Å². The maximum absolute atomic E-state index is 11.8. The van der Waals surface area contributed by atoms with Gasteiger partial charge in [-0.25, -0.2) is 0 Å². The lowest BCUT2D eigenvalue weighted by Gasteiger charge is -2.22. The van der Waals surface area contributed by atoms with Gasteiger partial charge in [0.05, 0.1) is 21.3 Å². The molecule has 1 aromatic rings. The normalized spacial score (nSPS) is 21.1. The SMILES string of the molecule is CC(C)[C@H]1OCC[C@@H]1CNC(=O)CNC(=O)c1ccc(Br)s1. The van der Waals surface area contributed by atoms with Crippen LogP contribution in [0, 0.1) is 11.8 Å². The van der Waals surface area contributed by atoms with Gasteiger partial charge in [-0.2, -0.15) is 0 Å². The molecule has 0 unspecified atom stereocenters. The predicted octanol–water partition coefficient (Wildman–Crippen LogP) is 2.42. The fourth-order valence-corrected chi connectivity index (χ4v) is 3.90. The van der Waals surface area contributed by atoms with Crippen molar-refractivity contribution in [3.8, 4) is 0 Å². The Morgan fingerprint density at radius 1 is 1.41 bits per heavy atom. The first kappa shape index (κ1) is 17.4. The van der Waals surface area contributed by atoms with E-state index in [9.17, 15) is 9.59 Å². The molecule has 7 heteroatoms. The number of ether oxygens (including phenoxy) is 1. The number of carbonyl (C=O) groups is 2. The molecule has 2 atom stereocenters. The van der Waals surface area contributed by atoms with Crippen molar-refractivity contribution in [3.63, 3.8) is 0 Å². The third kappa shape index (κ3) is 4.79. The highest BCUT2D eigenvalue weighted by Gasteiger charge is 2.30. The number of carbonyl (C=O) groups excluding carboxylic acids is 2.